The third-order valence-electron chi connectivity index (χ3n) is 3.58. The molecule has 1 amide bonds. The lowest BCUT2D eigenvalue weighted by atomic mass is 10.1. The molecule has 2 rings (SSSR count). The van der Waals surface area contributed by atoms with E-state index in [1.807, 2.05) is 24.8 Å². The first kappa shape index (κ1) is 12.0. The van der Waals surface area contributed by atoms with Gasteiger partial charge >= 0.3 is 0 Å². The summed E-state index contributed by atoms with van der Waals surface area (Å²) in [6, 6.07) is 3.99. The Morgan fingerprint density at radius 1 is 1.18 bits per heavy atom. The SMILES string of the molecule is Cc1cc(N2CCCCCC2=O)cc(N)c1C. The molecule has 17 heavy (non-hydrogen) atoms. The molecule has 1 aromatic carbocycles. The average Bonchev–Trinajstić information content (AvgIpc) is 2.50. The van der Waals surface area contributed by atoms with Gasteiger partial charge in [0.15, 0.2) is 0 Å². The fraction of sp³-hybridized carbons (Fsp3) is 0.500. The molecule has 1 fully saturated rings. The zero-order valence-corrected chi connectivity index (χ0v) is 10.6. The van der Waals surface area contributed by atoms with Crippen LogP contribution in [0.4, 0.5) is 11.4 Å². The summed E-state index contributed by atoms with van der Waals surface area (Å²) >= 11 is 0. The van der Waals surface area contributed by atoms with Gasteiger partial charge in [0.05, 0.1) is 0 Å². The van der Waals surface area contributed by atoms with E-state index in [1.165, 1.54) is 0 Å². The Kier molecular flexibility index (Phi) is 3.36. The van der Waals surface area contributed by atoms with Gasteiger partial charge in [-0.3, -0.25) is 4.79 Å². The molecule has 3 nitrogen and oxygen atoms in total. The molecule has 3 heteroatoms. The van der Waals surface area contributed by atoms with Crippen LogP contribution < -0.4 is 10.6 Å². The van der Waals surface area contributed by atoms with Crippen molar-refractivity contribution in [1.82, 2.24) is 0 Å². The van der Waals surface area contributed by atoms with E-state index in [0.29, 0.717) is 6.42 Å². The molecule has 0 radical (unpaired) electrons. The van der Waals surface area contributed by atoms with E-state index < -0.39 is 0 Å². The van der Waals surface area contributed by atoms with Gasteiger partial charge in [-0.05, 0) is 49.9 Å². The molecule has 1 aliphatic rings. The van der Waals surface area contributed by atoms with E-state index in [9.17, 15) is 4.79 Å². The van der Waals surface area contributed by atoms with Crippen LogP contribution in [0.25, 0.3) is 0 Å². The summed E-state index contributed by atoms with van der Waals surface area (Å²) in [5.74, 6) is 0.227. The summed E-state index contributed by atoms with van der Waals surface area (Å²) in [7, 11) is 0. The predicted molar refractivity (Wildman–Crippen MR) is 71.1 cm³/mol. The molecule has 1 saturated heterocycles. The van der Waals surface area contributed by atoms with Gasteiger partial charge in [-0.25, -0.2) is 0 Å². The van der Waals surface area contributed by atoms with Crippen molar-refractivity contribution in [1.29, 1.82) is 0 Å². The van der Waals surface area contributed by atoms with Crippen LogP contribution in [-0.4, -0.2) is 12.5 Å². The highest BCUT2D eigenvalue weighted by Crippen LogP contribution is 2.27. The normalized spacial score (nSPS) is 17.1. The van der Waals surface area contributed by atoms with Gasteiger partial charge in [-0.2, -0.15) is 0 Å². The number of carbonyl (C=O) groups excluding carboxylic acids is 1. The van der Waals surface area contributed by atoms with Crippen LogP contribution >= 0.6 is 0 Å². The second-order valence-electron chi connectivity index (χ2n) is 4.83. The minimum Gasteiger partial charge on any atom is -0.398 e. The molecular weight excluding hydrogens is 212 g/mol. The number of nitrogens with two attached hydrogens (primary N) is 1. The standard InChI is InChI=1S/C14H20N2O/c1-10-8-12(9-13(15)11(10)2)16-7-5-3-4-6-14(16)17/h8-9H,3-7,15H2,1-2H3. The van der Waals surface area contributed by atoms with Gasteiger partial charge in [0.2, 0.25) is 5.91 Å². The van der Waals surface area contributed by atoms with Crippen molar-refractivity contribution in [3.8, 4) is 0 Å². The highest BCUT2D eigenvalue weighted by molar-refractivity contribution is 5.94. The largest absolute Gasteiger partial charge is 0.398 e. The van der Waals surface area contributed by atoms with Crippen molar-refractivity contribution in [3.05, 3.63) is 23.3 Å². The Labute approximate surface area is 103 Å². The molecule has 0 aliphatic carbocycles. The van der Waals surface area contributed by atoms with Crippen molar-refractivity contribution < 1.29 is 4.79 Å². The molecule has 0 spiro atoms. The van der Waals surface area contributed by atoms with Crippen molar-refractivity contribution >= 4 is 17.3 Å². The van der Waals surface area contributed by atoms with Crippen LogP contribution in [0.1, 0.15) is 36.8 Å². The molecule has 2 N–H and O–H groups in total. The zero-order valence-electron chi connectivity index (χ0n) is 10.6. The third kappa shape index (κ3) is 2.43. The molecule has 92 valence electrons. The molecule has 0 unspecified atom stereocenters. The lowest BCUT2D eigenvalue weighted by Crippen LogP contribution is -2.30. The molecule has 0 aromatic heterocycles. The average molecular weight is 232 g/mol. The Bertz CT molecular complexity index is 417. The zero-order chi connectivity index (χ0) is 12.4. The van der Waals surface area contributed by atoms with Crippen LogP contribution in [0.3, 0.4) is 0 Å². The second-order valence-corrected chi connectivity index (χ2v) is 4.83. The quantitative estimate of drug-likeness (QED) is 0.757. The maximum atomic E-state index is 12.0. The second kappa shape index (κ2) is 4.78. The number of nitrogens with zero attached hydrogens (tertiary/aromatic N) is 1. The first-order valence-corrected chi connectivity index (χ1v) is 6.26. The molecule has 0 atom stereocenters. The number of hydrogen-bond acceptors (Lipinski definition) is 2. The summed E-state index contributed by atoms with van der Waals surface area (Å²) < 4.78 is 0. The smallest absolute Gasteiger partial charge is 0.226 e. The number of aryl methyl sites for hydroxylation is 1. The maximum absolute atomic E-state index is 12.0. The van der Waals surface area contributed by atoms with E-state index >= 15 is 0 Å². The van der Waals surface area contributed by atoms with E-state index in [0.717, 1.165) is 48.3 Å². The highest BCUT2D eigenvalue weighted by Gasteiger charge is 2.19. The first-order valence-electron chi connectivity index (χ1n) is 6.26. The van der Waals surface area contributed by atoms with Crippen molar-refractivity contribution in [2.75, 3.05) is 17.2 Å². The summed E-state index contributed by atoms with van der Waals surface area (Å²) in [4.78, 5) is 13.9. The fourth-order valence-corrected chi connectivity index (χ4v) is 2.28. The Balaban J connectivity index is 2.35. The van der Waals surface area contributed by atoms with Gasteiger partial charge in [0, 0.05) is 24.3 Å². The Morgan fingerprint density at radius 3 is 2.65 bits per heavy atom. The van der Waals surface area contributed by atoms with Gasteiger partial charge in [0.1, 0.15) is 0 Å². The summed E-state index contributed by atoms with van der Waals surface area (Å²) in [6.45, 7) is 4.87. The monoisotopic (exact) mass is 232 g/mol. The number of rotatable bonds is 1. The van der Waals surface area contributed by atoms with E-state index in [-0.39, 0.29) is 5.91 Å². The summed E-state index contributed by atoms with van der Waals surface area (Å²) in [6.07, 6.45) is 3.89. The first-order chi connectivity index (χ1) is 8.09. The minimum absolute atomic E-state index is 0.227. The number of hydrogen-bond donors (Lipinski definition) is 1. The van der Waals surface area contributed by atoms with Gasteiger partial charge in [-0.1, -0.05) is 6.42 Å². The van der Waals surface area contributed by atoms with E-state index in [4.69, 9.17) is 5.73 Å². The summed E-state index contributed by atoms with van der Waals surface area (Å²) in [5.41, 5.74) is 9.96. The number of carbonyl (C=O) groups is 1. The number of benzene rings is 1. The number of anilines is 2. The minimum atomic E-state index is 0.227. The van der Waals surface area contributed by atoms with Crippen molar-refractivity contribution in [2.45, 2.75) is 39.5 Å². The predicted octanol–water partition coefficient (Wildman–Crippen LogP) is 2.79. The van der Waals surface area contributed by atoms with E-state index in [2.05, 4.69) is 6.07 Å². The molecule has 0 bridgehead atoms. The van der Waals surface area contributed by atoms with Crippen molar-refractivity contribution in [3.63, 3.8) is 0 Å². The highest BCUT2D eigenvalue weighted by atomic mass is 16.2. The van der Waals surface area contributed by atoms with Crippen LogP contribution in [-0.2, 0) is 4.79 Å². The molecule has 1 aromatic rings. The molecule has 1 aliphatic heterocycles. The third-order valence-corrected chi connectivity index (χ3v) is 3.58. The van der Waals surface area contributed by atoms with Gasteiger partial charge in [-0.15, -0.1) is 0 Å². The van der Waals surface area contributed by atoms with Gasteiger partial charge in [0.25, 0.3) is 0 Å². The summed E-state index contributed by atoms with van der Waals surface area (Å²) in [5, 5.41) is 0. The van der Waals surface area contributed by atoms with Crippen LogP contribution in [0, 0.1) is 13.8 Å². The lowest BCUT2D eigenvalue weighted by molar-refractivity contribution is -0.118. The molecular formula is C14H20N2O. The van der Waals surface area contributed by atoms with Crippen molar-refractivity contribution in [2.24, 2.45) is 0 Å². The Morgan fingerprint density at radius 2 is 1.94 bits per heavy atom. The number of amides is 1. The van der Waals surface area contributed by atoms with Crippen LogP contribution in [0.2, 0.25) is 0 Å². The molecule has 1 heterocycles. The lowest BCUT2D eigenvalue weighted by Gasteiger charge is -2.22. The topological polar surface area (TPSA) is 46.3 Å². The van der Waals surface area contributed by atoms with Crippen LogP contribution in [0.15, 0.2) is 12.1 Å². The molecule has 0 saturated carbocycles. The number of nitrogen functional groups attached to an aromatic ring is 1. The maximum Gasteiger partial charge on any atom is 0.226 e. The Hall–Kier alpha value is -1.51. The fourth-order valence-electron chi connectivity index (χ4n) is 2.28. The van der Waals surface area contributed by atoms with Crippen LogP contribution in [0.5, 0.6) is 0 Å². The van der Waals surface area contributed by atoms with Gasteiger partial charge < -0.3 is 10.6 Å². The van der Waals surface area contributed by atoms with E-state index in [1.54, 1.807) is 0 Å².